The molecule has 2 amide bonds. The highest BCUT2D eigenvalue weighted by Crippen LogP contribution is 2.38. The number of quaternary nitrogens is 1. The summed E-state index contributed by atoms with van der Waals surface area (Å²) in [7, 11) is 0. The van der Waals surface area contributed by atoms with Crippen molar-refractivity contribution < 1.29 is 19.5 Å². The highest BCUT2D eigenvalue weighted by molar-refractivity contribution is 7.17. The third-order valence-corrected chi connectivity index (χ3v) is 6.54. The van der Waals surface area contributed by atoms with Crippen LogP contribution in [0.25, 0.3) is 0 Å². The second kappa shape index (κ2) is 7.66. The van der Waals surface area contributed by atoms with Crippen molar-refractivity contribution >= 4 is 34.0 Å². The summed E-state index contributed by atoms with van der Waals surface area (Å²) < 4.78 is 0. The van der Waals surface area contributed by atoms with Gasteiger partial charge in [-0.05, 0) is 30.9 Å². The molecule has 0 bridgehead atoms. The number of pyridine rings is 1. The Kier molecular flexibility index (Phi) is 5.09. The van der Waals surface area contributed by atoms with Gasteiger partial charge in [0.25, 0.3) is 17.6 Å². The first-order valence-electron chi connectivity index (χ1n) is 9.41. The molecule has 7 nitrogen and oxygen atoms in total. The van der Waals surface area contributed by atoms with Crippen molar-refractivity contribution in [3.05, 3.63) is 40.4 Å². The third kappa shape index (κ3) is 3.81. The van der Waals surface area contributed by atoms with Crippen molar-refractivity contribution in [2.75, 3.05) is 42.9 Å². The van der Waals surface area contributed by atoms with Crippen LogP contribution in [0.15, 0.2) is 24.4 Å². The second-order valence-corrected chi connectivity index (χ2v) is 8.24. The van der Waals surface area contributed by atoms with E-state index >= 15 is 0 Å². The minimum atomic E-state index is -0.440. The van der Waals surface area contributed by atoms with E-state index in [1.807, 2.05) is 18.3 Å². The van der Waals surface area contributed by atoms with Crippen LogP contribution in [-0.2, 0) is 17.6 Å². The molecule has 2 aromatic heterocycles. The van der Waals surface area contributed by atoms with Crippen molar-refractivity contribution in [1.82, 2.24) is 0 Å². The number of anilines is 2. The van der Waals surface area contributed by atoms with E-state index in [4.69, 9.17) is 5.73 Å². The van der Waals surface area contributed by atoms with E-state index in [1.165, 1.54) is 21.1 Å². The van der Waals surface area contributed by atoms with Gasteiger partial charge in [0.2, 0.25) is 0 Å². The van der Waals surface area contributed by atoms with E-state index in [9.17, 15) is 9.59 Å². The molecule has 0 unspecified atom stereocenters. The number of primary amides is 1. The Morgan fingerprint density at radius 1 is 1.26 bits per heavy atom. The molecule has 5 N–H and O–H groups in total. The molecule has 2 aromatic rings. The fourth-order valence-corrected chi connectivity index (χ4v) is 5.28. The second-order valence-electron chi connectivity index (χ2n) is 7.14. The minimum absolute atomic E-state index is 0.0489. The molecule has 142 valence electrons. The number of aromatic amines is 1. The van der Waals surface area contributed by atoms with Crippen LogP contribution in [0.3, 0.4) is 0 Å². The number of amides is 2. The van der Waals surface area contributed by atoms with Gasteiger partial charge in [-0.15, -0.1) is 11.3 Å². The predicted molar refractivity (Wildman–Crippen MR) is 104 cm³/mol. The summed E-state index contributed by atoms with van der Waals surface area (Å²) in [5.74, 6) is 0.622. The lowest BCUT2D eigenvalue weighted by molar-refractivity contribution is -0.892. The van der Waals surface area contributed by atoms with Crippen LogP contribution in [0, 0.1) is 0 Å². The summed E-state index contributed by atoms with van der Waals surface area (Å²) in [5, 5.41) is 3.58. The van der Waals surface area contributed by atoms with Gasteiger partial charge in [-0.25, -0.2) is 4.98 Å². The van der Waals surface area contributed by atoms with Gasteiger partial charge in [-0.1, -0.05) is 6.07 Å². The van der Waals surface area contributed by atoms with Crippen LogP contribution < -0.4 is 25.8 Å². The maximum atomic E-state index is 12.5. The number of hydrogen-bond donors (Lipinski definition) is 3. The summed E-state index contributed by atoms with van der Waals surface area (Å²) in [6.45, 7) is 4.03. The molecule has 0 saturated carbocycles. The van der Waals surface area contributed by atoms with Crippen molar-refractivity contribution in [2.24, 2.45) is 5.73 Å². The lowest BCUT2D eigenvalue weighted by Crippen LogP contribution is -3.15. The van der Waals surface area contributed by atoms with Crippen molar-refractivity contribution in [2.45, 2.75) is 19.3 Å². The smallest absolute Gasteiger partial charge is 0.280 e. The number of carbonyl (C=O) groups excluding carboxylic acids is 2. The van der Waals surface area contributed by atoms with Crippen LogP contribution in [0.2, 0.25) is 0 Å². The standard InChI is InChI=1S/C19H23N5O2S/c20-18(26)17-13-4-3-5-14(13)27-19(17)22-16(25)12-23-8-10-24(11-9-23)15-6-1-2-7-21-15/h1-2,6-7H,3-5,8-12H2,(H2,20,26)(H,22,25)/p+2. The molecular formula is C19H25N5O2S+2. The van der Waals surface area contributed by atoms with E-state index in [1.54, 1.807) is 0 Å². The highest BCUT2D eigenvalue weighted by atomic mass is 32.1. The normalized spacial score (nSPS) is 17.0. The molecule has 0 radical (unpaired) electrons. The molecule has 27 heavy (non-hydrogen) atoms. The van der Waals surface area contributed by atoms with Gasteiger partial charge in [-0.3, -0.25) is 14.5 Å². The van der Waals surface area contributed by atoms with E-state index in [0.717, 1.165) is 56.8 Å². The maximum Gasteiger partial charge on any atom is 0.280 e. The number of piperazine rings is 1. The third-order valence-electron chi connectivity index (χ3n) is 5.34. The van der Waals surface area contributed by atoms with Crippen LogP contribution >= 0.6 is 11.3 Å². The van der Waals surface area contributed by atoms with Gasteiger partial charge >= 0.3 is 0 Å². The Hall–Kier alpha value is -2.45. The van der Waals surface area contributed by atoms with Crippen molar-refractivity contribution in [1.29, 1.82) is 0 Å². The van der Waals surface area contributed by atoms with Gasteiger partial charge in [-0.2, -0.15) is 0 Å². The number of H-pyrrole nitrogens is 1. The number of nitrogens with one attached hydrogen (secondary N) is 3. The summed E-state index contributed by atoms with van der Waals surface area (Å²) >= 11 is 1.51. The average molecular weight is 388 g/mol. The molecule has 0 atom stereocenters. The number of carbonyl (C=O) groups is 2. The lowest BCUT2D eigenvalue weighted by atomic mass is 10.1. The molecule has 8 heteroatoms. The largest absolute Gasteiger partial charge is 0.365 e. The van der Waals surface area contributed by atoms with Crippen LogP contribution in [-0.4, -0.2) is 44.5 Å². The fraction of sp³-hybridized carbons (Fsp3) is 0.421. The van der Waals surface area contributed by atoms with Gasteiger partial charge in [0, 0.05) is 10.9 Å². The quantitative estimate of drug-likeness (QED) is 0.645. The van der Waals surface area contributed by atoms with Gasteiger partial charge in [0.05, 0.1) is 11.8 Å². The van der Waals surface area contributed by atoms with E-state index in [2.05, 4.69) is 21.3 Å². The van der Waals surface area contributed by atoms with E-state index in [0.29, 0.717) is 17.1 Å². The van der Waals surface area contributed by atoms with Crippen LogP contribution in [0.1, 0.15) is 27.2 Å². The first-order chi connectivity index (χ1) is 13.1. The predicted octanol–water partition coefficient (Wildman–Crippen LogP) is -0.507. The highest BCUT2D eigenvalue weighted by Gasteiger charge is 2.29. The average Bonchev–Trinajstić information content (AvgIpc) is 3.23. The molecule has 3 heterocycles. The molecule has 1 aliphatic carbocycles. The monoisotopic (exact) mass is 387 g/mol. The summed E-state index contributed by atoms with van der Waals surface area (Å²) in [4.78, 5) is 32.4. The fourth-order valence-electron chi connectivity index (χ4n) is 3.97. The Labute approximate surface area is 162 Å². The first-order valence-corrected chi connectivity index (χ1v) is 10.2. The van der Waals surface area contributed by atoms with E-state index in [-0.39, 0.29) is 5.91 Å². The lowest BCUT2D eigenvalue weighted by Gasteiger charge is -2.27. The molecule has 4 rings (SSSR count). The SMILES string of the molecule is NC(=O)c1c(NC(=O)C[NH+]2CCN(c3cccc[nH+]3)CC2)sc2c1CCC2. The Morgan fingerprint density at radius 3 is 2.78 bits per heavy atom. The van der Waals surface area contributed by atoms with E-state index < -0.39 is 5.91 Å². The van der Waals surface area contributed by atoms with Crippen LogP contribution in [0.4, 0.5) is 10.8 Å². The number of fused-ring (bicyclic) bond motifs is 1. The number of nitrogens with zero attached hydrogens (tertiary/aromatic N) is 1. The Morgan fingerprint density at radius 2 is 2.07 bits per heavy atom. The zero-order chi connectivity index (χ0) is 18.8. The number of rotatable bonds is 5. The number of aromatic nitrogens is 1. The van der Waals surface area contributed by atoms with Crippen LogP contribution in [0.5, 0.6) is 0 Å². The maximum absolute atomic E-state index is 12.5. The Balaban J connectivity index is 1.34. The van der Waals surface area contributed by atoms with Crippen molar-refractivity contribution in [3.63, 3.8) is 0 Å². The Bertz CT molecular complexity index is 843. The molecule has 1 saturated heterocycles. The zero-order valence-electron chi connectivity index (χ0n) is 15.2. The van der Waals surface area contributed by atoms with Crippen molar-refractivity contribution in [3.8, 4) is 0 Å². The number of thiophene rings is 1. The zero-order valence-corrected chi connectivity index (χ0v) is 16.0. The molecule has 0 spiro atoms. The van der Waals surface area contributed by atoms with Gasteiger partial charge < -0.3 is 16.0 Å². The molecule has 1 fully saturated rings. The molecular weight excluding hydrogens is 362 g/mol. The molecule has 2 aliphatic rings. The first kappa shape index (κ1) is 17.9. The summed E-state index contributed by atoms with van der Waals surface area (Å²) in [6, 6.07) is 6.06. The molecule has 0 aromatic carbocycles. The number of hydrogen-bond acceptors (Lipinski definition) is 4. The molecule has 1 aliphatic heterocycles. The topological polar surface area (TPSA) is 94.0 Å². The number of aryl methyl sites for hydroxylation is 1. The summed E-state index contributed by atoms with van der Waals surface area (Å²) in [6.07, 6.45) is 4.84. The van der Waals surface area contributed by atoms with Gasteiger partial charge in [0.1, 0.15) is 31.2 Å². The summed E-state index contributed by atoms with van der Waals surface area (Å²) in [5.41, 5.74) is 7.14. The number of nitrogens with two attached hydrogens (primary N) is 1. The van der Waals surface area contributed by atoms with Gasteiger partial charge in [0.15, 0.2) is 6.54 Å². The minimum Gasteiger partial charge on any atom is -0.365 e.